The van der Waals surface area contributed by atoms with Crippen molar-refractivity contribution in [2.75, 3.05) is 7.11 Å². The van der Waals surface area contributed by atoms with Gasteiger partial charge in [0.05, 0.1) is 18.5 Å². The Labute approximate surface area is 163 Å². The van der Waals surface area contributed by atoms with Crippen LogP contribution in [0.1, 0.15) is 5.56 Å². The summed E-state index contributed by atoms with van der Waals surface area (Å²) in [5.74, 6) is 0.844. The monoisotopic (exact) mass is 379 g/mol. The predicted octanol–water partition coefficient (Wildman–Crippen LogP) is 6.78. The highest BCUT2D eigenvalue weighted by Gasteiger charge is 2.02. The zero-order valence-corrected chi connectivity index (χ0v) is 15.9. The van der Waals surface area contributed by atoms with Crippen LogP contribution in [0.5, 0.6) is 5.75 Å². The second-order valence-electron chi connectivity index (χ2n) is 5.44. The molecule has 0 amide bonds. The minimum absolute atomic E-state index is 0.692. The molecule has 0 aliphatic heterocycles. The van der Waals surface area contributed by atoms with Gasteiger partial charge in [-0.05, 0) is 53.9 Å². The number of rotatable bonds is 6. The van der Waals surface area contributed by atoms with Crippen LogP contribution in [0.4, 0.5) is 5.69 Å². The van der Waals surface area contributed by atoms with Gasteiger partial charge < -0.3 is 4.74 Å². The van der Waals surface area contributed by atoms with Gasteiger partial charge in [-0.15, -0.1) is 0 Å². The first-order chi connectivity index (χ1) is 12.7. The van der Waals surface area contributed by atoms with E-state index >= 15 is 0 Å². The van der Waals surface area contributed by atoms with Gasteiger partial charge in [0.2, 0.25) is 0 Å². The molecule has 2 nitrogen and oxygen atoms in total. The molecule has 0 spiro atoms. The Bertz CT molecular complexity index is 922. The number of ether oxygens (including phenoxy) is 1. The molecule has 0 heterocycles. The van der Waals surface area contributed by atoms with E-state index < -0.39 is 0 Å². The molecule has 26 heavy (non-hydrogen) atoms. The van der Waals surface area contributed by atoms with Gasteiger partial charge in [0.25, 0.3) is 0 Å². The number of methoxy groups -OCH3 is 1. The predicted molar refractivity (Wildman–Crippen MR) is 112 cm³/mol. The first-order valence-electron chi connectivity index (χ1n) is 8.11. The molecule has 0 saturated heterocycles. The molecule has 0 saturated carbocycles. The molecule has 3 rings (SSSR count). The number of hydrogen-bond acceptors (Lipinski definition) is 3. The van der Waals surface area contributed by atoms with E-state index in [0.717, 1.165) is 27.6 Å². The van der Waals surface area contributed by atoms with Crippen LogP contribution in [0.3, 0.4) is 0 Å². The summed E-state index contributed by atoms with van der Waals surface area (Å²) in [6.07, 6.45) is 2.00. The second kappa shape index (κ2) is 9.27. The molecule has 0 fully saturated rings. The van der Waals surface area contributed by atoms with Crippen LogP contribution in [-0.4, -0.2) is 12.8 Å². The summed E-state index contributed by atoms with van der Waals surface area (Å²) in [4.78, 5) is 5.87. The standard InChI is InChI=1S/C22H18ClNOS/c1-25-20-11-6-12-21(16-20)26-14-13-22(17-7-5-8-18(23)15-17)24-19-9-3-2-4-10-19/h2-16H,1H3. The Balaban J connectivity index is 1.87. The number of hydrogen-bond donors (Lipinski definition) is 0. The average Bonchev–Trinajstić information content (AvgIpc) is 2.68. The summed E-state index contributed by atoms with van der Waals surface area (Å²) in [6, 6.07) is 25.6. The molecule has 0 radical (unpaired) electrons. The average molecular weight is 380 g/mol. The van der Waals surface area contributed by atoms with E-state index in [0.29, 0.717) is 5.02 Å². The highest BCUT2D eigenvalue weighted by atomic mass is 35.5. The molecule has 0 aromatic heterocycles. The lowest BCUT2D eigenvalue weighted by molar-refractivity contribution is 0.413. The van der Waals surface area contributed by atoms with E-state index in [1.807, 2.05) is 90.3 Å². The number of halogens is 1. The molecular weight excluding hydrogens is 362 g/mol. The number of aliphatic imine (C=N–C) groups is 1. The van der Waals surface area contributed by atoms with Crippen molar-refractivity contribution in [1.29, 1.82) is 0 Å². The van der Waals surface area contributed by atoms with Crippen LogP contribution < -0.4 is 4.74 Å². The molecule has 0 aliphatic carbocycles. The SMILES string of the molecule is COc1cccc(SC=CC(=Nc2ccccc2)c2cccc(Cl)c2)c1. The maximum atomic E-state index is 6.16. The highest BCUT2D eigenvalue weighted by Crippen LogP contribution is 2.24. The summed E-state index contributed by atoms with van der Waals surface area (Å²) in [7, 11) is 1.67. The smallest absolute Gasteiger partial charge is 0.119 e. The van der Waals surface area contributed by atoms with Gasteiger partial charge in [0.1, 0.15) is 5.75 Å². The van der Waals surface area contributed by atoms with Gasteiger partial charge in [-0.3, -0.25) is 0 Å². The van der Waals surface area contributed by atoms with Crippen molar-refractivity contribution < 1.29 is 4.74 Å². The van der Waals surface area contributed by atoms with E-state index in [-0.39, 0.29) is 0 Å². The van der Waals surface area contributed by atoms with Crippen molar-refractivity contribution in [3.05, 3.63) is 101 Å². The quantitative estimate of drug-likeness (QED) is 0.348. The Hall–Kier alpha value is -2.49. The van der Waals surface area contributed by atoms with Crippen LogP contribution in [0, 0.1) is 0 Å². The van der Waals surface area contributed by atoms with Gasteiger partial charge in [-0.25, -0.2) is 4.99 Å². The molecule has 0 aliphatic rings. The van der Waals surface area contributed by atoms with Crippen LogP contribution in [0.15, 0.2) is 100 Å². The van der Waals surface area contributed by atoms with Crippen LogP contribution in [0.2, 0.25) is 5.02 Å². The van der Waals surface area contributed by atoms with Crippen LogP contribution in [-0.2, 0) is 0 Å². The van der Waals surface area contributed by atoms with E-state index in [4.69, 9.17) is 21.3 Å². The molecule has 3 aromatic carbocycles. The molecule has 0 N–H and O–H groups in total. The third-order valence-corrected chi connectivity index (χ3v) is 4.63. The fraction of sp³-hybridized carbons (Fsp3) is 0.0455. The molecule has 0 atom stereocenters. The Kier molecular flexibility index (Phi) is 6.53. The van der Waals surface area contributed by atoms with Crippen molar-refractivity contribution >= 4 is 34.8 Å². The number of nitrogens with zero attached hydrogens (tertiary/aromatic N) is 1. The fourth-order valence-electron chi connectivity index (χ4n) is 2.34. The van der Waals surface area contributed by atoms with Gasteiger partial charge in [0, 0.05) is 15.5 Å². The lowest BCUT2D eigenvalue weighted by Gasteiger charge is -2.04. The van der Waals surface area contributed by atoms with Gasteiger partial charge in [-0.2, -0.15) is 0 Å². The van der Waals surface area contributed by atoms with Crippen molar-refractivity contribution in [2.24, 2.45) is 4.99 Å². The minimum Gasteiger partial charge on any atom is -0.497 e. The maximum Gasteiger partial charge on any atom is 0.119 e. The van der Waals surface area contributed by atoms with Crippen LogP contribution in [0.25, 0.3) is 0 Å². The molecule has 0 bridgehead atoms. The molecular formula is C22H18ClNOS. The molecule has 4 heteroatoms. The largest absolute Gasteiger partial charge is 0.497 e. The fourth-order valence-corrected chi connectivity index (χ4v) is 3.22. The van der Waals surface area contributed by atoms with Gasteiger partial charge in [-0.1, -0.05) is 59.8 Å². The van der Waals surface area contributed by atoms with Gasteiger partial charge >= 0.3 is 0 Å². The first kappa shape index (κ1) is 18.3. The normalized spacial score (nSPS) is 11.7. The highest BCUT2D eigenvalue weighted by molar-refractivity contribution is 8.02. The summed E-state index contributed by atoms with van der Waals surface area (Å²) in [5.41, 5.74) is 2.73. The van der Waals surface area contributed by atoms with E-state index in [1.165, 1.54) is 0 Å². The third-order valence-electron chi connectivity index (χ3n) is 3.60. The third kappa shape index (κ3) is 5.25. The van der Waals surface area contributed by atoms with E-state index in [2.05, 4.69) is 0 Å². The van der Waals surface area contributed by atoms with Crippen molar-refractivity contribution in [1.82, 2.24) is 0 Å². The van der Waals surface area contributed by atoms with Crippen molar-refractivity contribution in [3.8, 4) is 5.75 Å². The molecule has 3 aromatic rings. The summed E-state index contributed by atoms with van der Waals surface area (Å²) in [6.45, 7) is 0. The summed E-state index contributed by atoms with van der Waals surface area (Å²) in [5, 5.41) is 2.72. The first-order valence-corrected chi connectivity index (χ1v) is 9.37. The van der Waals surface area contributed by atoms with E-state index in [1.54, 1.807) is 18.9 Å². The zero-order valence-electron chi connectivity index (χ0n) is 14.3. The lowest BCUT2D eigenvalue weighted by atomic mass is 10.1. The topological polar surface area (TPSA) is 21.6 Å². The van der Waals surface area contributed by atoms with Crippen molar-refractivity contribution in [2.45, 2.75) is 4.90 Å². The van der Waals surface area contributed by atoms with Gasteiger partial charge in [0.15, 0.2) is 0 Å². The molecule has 130 valence electrons. The number of benzene rings is 3. The Morgan fingerprint density at radius 2 is 1.77 bits per heavy atom. The maximum absolute atomic E-state index is 6.16. The van der Waals surface area contributed by atoms with E-state index in [9.17, 15) is 0 Å². The Morgan fingerprint density at radius 1 is 0.962 bits per heavy atom. The number of para-hydroxylation sites is 1. The number of allylic oxidation sites excluding steroid dienone is 1. The zero-order chi connectivity index (χ0) is 18.2. The minimum atomic E-state index is 0.692. The van der Waals surface area contributed by atoms with Crippen LogP contribution >= 0.6 is 23.4 Å². The summed E-state index contributed by atoms with van der Waals surface area (Å²) >= 11 is 7.77. The summed E-state index contributed by atoms with van der Waals surface area (Å²) < 4.78 is 5.27. The number of thioether (sulfide) groups is 1. The van der Waals surface area contributed by atoms with Crippen molar-refractivity contribution in [3.63, 3.8) is 0 Å². The molecule has 0 unspecified atom stereocenters. The lowest BCUT2D eigenvalue weighted by Crippen LogP contribution is -1.95. The Morgan fingerprint density at radius 3 is 2.54 bits per heavy atom. The second-order valence-corrected chi connectivity index (χ2v) is 6.86.